The van der Waals surface area contributed by atoms with Crippen LogP contribution in [0, 0.1) is 13.8 Å². The van der Waals surface area contributed by atoms with Gasteiger partial charge in [-0.2, -0.15) is 0 Å². The van der Waals surface area contributed by atoms with Crippen LogP contribution in [-0.2, 0) is 16.6 Å². The van der Waals surface area contributed by atoms with Crippen LogP contribution in [0.2, 0.25) is 0 Å². The molecule has 2 heterocycles. The SMILES string of the molecule is CCOC(=O)/C=C\n1c(=O)cc(C)c2cc3c(C)cc(=O)n(C)c3cc21. The van der Waals surface area contributed by atoms with Crippen molar-refractivity contribution in [3.8, 4) is 0 Å². The highest BCUT2D eigenvalue weighted by atomic mass is 16.5. The van der Waals surface area contributed by atoms with Crippen molar-refractivity contribution < 1.29 is 9.53 Å². The van der Waals surface area contributed by atoms with Crippen molar-refractivity contribution in [1.82, 2.24) is 9.13 Å². The Morgan fingerprint density at radius 1 is 1.00 bits per heavy atom. The third kappa shape index (κ3) is 2.94. The van der Waals surface area contributed by atoms with E-state index >= 15 is 0 Å². The summed E-state index contributed by atoms with van der Waals surface area (Å²) in [5.41, 5.74) is 2.70. The lowest BCUT2D eigenvalue weighted by Crippen LogP contribution is -2.19. The lowest BCUT2D eigenvalue weighted by molar-refractivity contribution is -0.137. The molecule has 134 valence electrons. The molecule has 0 saturated heterocycles. The van der Waals surface area contributed by atoms with Gasteiger partial charge in [0.15, 0.2) is 0 Å². The Morgan fingerprint density at radius 2 is 1.62 bits per heavy atom. The van der Waals surface area contributed by atoms with E-state index in [1.807, 2.05) is 26.0 Å². The van der Waals surface area contributed by atoms with Gasteiger partial charge in [-0.05, 0) is 44.0 Å². The summed E-state index contributed by atoms with van der Waals surface area (Å²) in [6.07, 6.45) is 2.63. The summed E-state index contributed by atoms with van der Waals surface area (Å²) in [5, 5.41) is 1.83. The smallest absolute Gasteiger partial charge is 0.332 e. The molecule has 3 aromatic rings. The Balaban J connectivity index is 2.39. The number of fused-ring (bicyclic) bond motifs is 2. The van der Waals surface area contributed by atoms with Crippen LogP contribution in [0.4, 0.5) is 0 Å². The first-order valence-electron chi connectivity index (χ1n) is 8.34. The minimum atomic E-state index is -0.517. The minimum Gasteiger partial charge on any atom is -0.463 e. The van der Waals surface area contributed by atoms with E-state index in [1.165, 1.54) is 22.9 Å². The molecule has 0 spiro atoms. The van der Waals surface area contributed by atoms with E-state index in [1.54, 1.807) is 24.6 Å². The Morgan fingerprint density at radius 3 is 2.27 bits per heavy atom. The van der Waals surface area contributed by atoms with Gasteiger partial charge in [-0.25, -0.2) is 4.79 Å². The van der Waals surface area contributed by atoms with E-state index in [0.717, 1.165) is 27.4 Å². The van der Waals surface area contributed by atoms with Crippen molar-refractivity contribution >= 4 is 34.0 Å². The number of esters is 1. The second-order valence-corrected chi connectivity index (χ2v) is 6.21. The normalized spacial score (nSPS) is 11.5. The molecule has 2 aromatic heterocycles. The number of hydrogen-bond acceptors (Lipinski definition) is 4. The maximum Gasteiger partial charge on any atom is 0.332 e. The Hall–Kier alpha value is -3.15. The Bertz CT molecular complexity index is 1180. The lowest BCUT2D eigenvalue weighted by atomic mass is 10.0. The van der Waals surface area contributed by atoms with Crippen molar-refractivity contribution in [3.05, 3.63) is 62.2 Å². The second kappa shape index (κ2) is 6.63. The maximum atomic E-state index is 12.5. The van der Waals surface area contributed by atoms with Crippen LogP contribution >= 0.6 is 0 Å². The molecule has 0 saturated carbocycles. The lowest BCUT2D eigenvalue weighted by Gasteiger charge is -2.13. The van der Waals surface area contributed by atoms with Gasteiger partial charge in [-0.3, -0.25) is 14.2 Å². The number of pyridine rings is 2. The zero-order chi connectivity index (χ0) is 19.0. The highest BCUT2D eigenvalue weighted by Gasteiger charge is 2.11. The molecule has 1 aromatic carbocycles. The van der Waals surface area contributed by atoms with Gasteiger partial charge in [0.2, 0.25) is 0 Å². The standard InChI is InChI=1S/C20H20N2O4/c1-5-26-20(25)6-7-22-17-11-16-14(12(2)8-18(23)21(16)4)10-15(17)13(3)9-19(22)24/h6-11H,5H2,1-4H3/b7-6-. The van der Waals surface area contributed by atoms with Gasteiger partial charge in [0.25, 0.3) is 11.1 Å². The summed E-state index contributed by atoms with van der Waals surface area (Å²) in [6.45, 7) is 5.74. The quantitative estimate of drug-likeness (QED) is 0.413. The number of carbonyl (C=O) groups excluding carboxylic acids is 1. The number of aromatic nitrogens is 2. The van der Waals surface area contributed by atoms with Gasteiger partial charge in [0, 0.05) is 42.2 Å². The van der Waals surface area contributed by atoms with E-state index in [9.17, 15) is 14.4 Å². The molecule has 0 aliphatic carbocycles. The average Bonchev–Trinajstić information content (AvgIpc) is 2.59. The van der Waals surface area contributed by atoms with Gasteiger partial charge in [-0.15, -0.1) is 0 Å². The minimum absolute atomic E-state index is 0.113. The summed E-state index contributed by atoms with van der Waals surface area (Å²) in [4.78, 5) is 36.2. The van der Waals surface area contributed by atoms with E-state index in [4.69, 9.17) is 4.74 Å². The molecule has 6 nitrogen and oxygen atoms in total. The van der Waals surface area contributed by atoms with Gasteiger partial charge >= 0.3 is 5.97 Å². The van der Waals surface area contributed by atoms with Crippen molar-refractivity contribution in [2.45, 2.75) is 20.8 Å². The van der Waals surface area contributed by atoms with Crippen LogP contribution in [0.3, 0.4) is 0 Å². The number of carbonyl (C=O) groups is 1. The molecule has 3 rings (SSSR count). The van der Waals surface area contributed by atoms with E-state index in [-0.39, 0.29) is 17.7 Å². The number of hydrogen-bond donors (Lipinski definition) is 0. The number of aryl methyl sites for hydroxylation is 3. The first-order chi connectivity index (χ1) is 12.3. The zero-order valence-corrected chi connectivity index (χ0v) is 15.2. The summed E-state index contributed by atoms with van der Waals surface area (Å²) in [6, 6.07) is 6.91. The Kier molecular flexibility index (Phi) is 4.50. The molecular weight excluding hydrogens is 332 g/mol. The Labute approximate surface area is 149 Å². The van der Waals surface area contributed by atoms with E-state index < -0.39 is 5.97 Å². The fourth-order valence-corrected chi connectivity index (χ4v) is 3.09. The third-order valence-electron chi connectivity index (χ3n) is 4.48. The molecule has 0 radical (unpaired) electrons. The fourth-order valence-electron chi connectivity index (χ4n) is 3.09. The number of nitrogens with zero attached hydrogens (tertiary/aromatic N) is 2. The largest absolute Gasteiger partial charge is 0.463 e. The zero-order valence-electron chi connectivity index (χ0n) is 15.2. The molecule has 0 N–H and O–H groups in total. The maximum absolute atomic E-state index is 12.5. The molecule has 26 heavy (non-hydrogen) atoms. The fraction of sp³-hybridized carbons (Fsp3) is 0.250. The van der Waals surface area contributed by atoms with Gasteiger partial charge in [0.1, 0.15) is 0 Å². The molecule has 0 amide bonds. The predicted octanol–water partition coefficient (Wildman–Crippen LogP) is 2.50. The molecule has 0 unspecified atom stereocenters. The van der Waals surface area contributed by atoms with Crippen LogP contribution < -0.4 is 11.1 Å². The molecule has 6 heteroatoms. The van der Waals surface area contributed by atoms with E-state index in [2.05, 4.69) is 0 Å². The van der Waals surface area contributed by atoms with Crippen molar-refractivity contribution in [1.29, 1.82) is 0 Å². The molecule has 0 fully saturated rings. The van der Waals surface area contributed by atoms with Gasteiger partial charge in [0.05, 0.1) is 17.6 Å². The average molecular weight is 352 g/mol. The van der Waals surface area contributed by atoms with Crippen molar-refractivity contribution in [2.24, 2.45) is 7.05 Å². The second-order valence-electron chi connectivity index (χ2n) is 6.21. The highest BCUT2D eigenvalue weighted by molar-refractivity contribution is 5.98. The third-order valence-corrected chi connectivity index (χ3v) is 4.48. The van der Waals surface area contributed by atoms with Crippen molar-refractivity contribution in [3.63, 3.8) is 0 Å². The van der Waals surface area contributed by atoms with Gasteiger partial charge in [-0.1, -0.05) is 0 Å². The highest BCUT2D eigenvalue weighted by Crippen LogP contribution is 2.25. The molecule has 0 aliphatic heterocycles. The van der Waals surface area contributed by atoms with Gasteiger partial charge < -0.3 is 9.30 Å². The molecule has 0 atom stereocenters. The number of rotatable bonds is 3. The van der Waals surface area contributed by atoms with Crippen LogP contribution in [0.5, 0.6) is 0 Å². The first kappa shape index (κ1) is 17.7. The van der Waals surface area contributed by atoms with E-state index in [0.29, 0.717) is 5.52 Å². The number of benzene rings is 1. The summed E-state index contributed by atoms with van der Waals surface area (Å²) >= 11 is 0. The van der Waals surface area contributed by atoms with Crippen LogP contribution in [-0.4, -0.2) is 21.7 Å². The number of ether oxygens (including phenoxy) is 1. The predicted molar refractivity (Wildman–Crippen MR) is 102 cm³/mol. The monoisotopic (exact) mass is 352 g/mol. The molecular formula is C20H20N2O4. The first-order valence-corrected chi connectivity index (χ1v) is 8.34. The summed E-state index contributed by atoms with van der Waals surface area (Å²) in [7, 11) is 1.70. The van der Waals surface area contributed by atoms with Crippen LogP contribution in [0.15, 0.2) is 39.9 Å². The van der Waals surface area contributed by atoms with Crippen molar-refractivity contribution in [2.75, 3.05) is 6.61 Å². The molecule has 0 aliphatic rings. The topological polar surface area (TPSA) is 70.3 Å². The summed E-state index contributed by atoms with van der Waals surface area (Å²) < 4.78 is 7.82. The molecule has 0 bridgehead atoms. The summed E-state index contributed by atoms with van der Waals surface area (Å²) in [5.74, 6) is -0.517. The van der Waals surface area contributed by atoms with Crippen LogP contribution in [0.1, 0.15) is 18.1 Å². The van der Waals surface area contributed by atoms with Crippen LogP contribution in [0.25, 0.3) is 28.0 Å².